The van der Waals surface area contributed by atoms with Gasteiger partial charge in [0, 0.05) is 5.41 Å². The second-order valence-electron chi connectivity index (χ2n) is 7.76. The maximum absolute atomic E-state index is 12.4. The molecule has 4 rings (SSSR count). The Morgan fingerprint density at radius 2 is 1.94 bits per heavy atom. The van der Waals surface area contributed by atoms with Crippen LogP contribution in [0.2, 0.25) is 0 Å². The lowest BCUT2D eigenvalue weighted by atomic mass is 9.62. The van der Waals surface area contributed by atoms with Gasteiger partial charge in [0.25, 0.3) is 0 Å². The van der Waals surface area contributed by atoms with Crippen molar-refractivity contribution >= 4 is 5.97 Å². The van der Waals surface area contributed by atoms with Gasteiger partial charge in [0.1, 0.15) is 11.5 Å². The normalized spacial score (nSPS) is 59.7. The van der Waals surface area contributed by atoms with E-state index in [9.17, 15) is 9.90 Å². The van der Waals surface area contributed by atoms with Crippen LogP contribution in [0, 0.1) is 28.1 Å². The minimum Gasteiger partial charge on any atom is -0.461 e. The van der Waals surface area contributed by atoms with Crippen molar-refractivity contribution in [3.8, 4) is 0 Å². The Morgan fingerprint density at radius 1 is 1.22 bits per heavy atom. The number of carbonyl (C=O) groups is 1. The highest BCUT2D eigenvalue weighted by Crippen LogP contribution is 2.74. The SMILES string of the molecule is CC1(C)C2CCC3(C)C4CCC3(C(=O)O4)C(O)C21. The van der Waals surface area contributed by atoms with Gasteiger partial charge in [-0.1, -0.05) is 20.8 Å². The number of aliphatic hydroxyl groups is 1. The monoisotopic (exact) mass is 250 g/mol. The maximum Gasteiger partial charge on any atom is 0.315 e. The van der Waals surface area contributed by atoms with E-state index in [0.29, 0.717) is 11.8 Å². The molecule has 1 N–H and O–H groups in total. The Kier molecular flexibility index (Phi) is 1.75. The fourth-order valence-corrected chi connectivity index (χ4v) is 5.73. The Hall–Kier alpha value is -0.570. The van der Waals surface area contributed by atoms with Crippen LogP contribution in [0.1, 0.15) is 46.5 Å². The fraction of sp³-hybridized carbons (Fsp3) is 0.933. The van der Waals surface area contributed by atoms with Crippen molar-refractivity contribution in [3.05, 3.63) is 0 Å². The van der Waals surface area contributed by atoms with Crippen molar-refractivity contribution in [1.29, 1.82) is 0 Å². The van der Waals surface area contributed by atoms with Gasteiger partial charge in [-0.05, 0) is 42.9 Å². The predicted octanol–water partition coefficient (Wildman–Crippen LogP) is 2.13. The van der Waals surface area contributed by atoms with Gasteiger partial charge in [-0.25, -0.2) is 0 Å². The second kappa shape index (κ2) is 2.79. The Morgan fingerprint density at radius 3 is 2.61 bits per heavy atom. The largest absolute Gasteiger partial charge is 0.461 e. The summed E-state index contributed by atoms with van der Waals surface area (Å²) in [7, 11) is 0. The lowest BCUT2D eigenvalue weighted by molar-refractivity contribution is -0.161. The fourth-order valence-electron chi connectivity index (χ4n) is 5.73. The first-order valence-corrected chi connectivity index (χ1v) is 7.25. The third-order valence-corrected chi connectivity index (χ3v) is 7.10. The van der Waals surface area contributed by atoms with Crippen molar-refractivity contribution in [1.82, 2.24) is 0 Å². The zero-order valence-corrected chi connectivity index (χ0v) is 11.4. The zero-order valence-electron chi connectivity index (χ0n) is 11.4. The molecule has 0 aromatic carbocycles. The molecule has 0 radical (unpaired) electrons. The van der Waals surface area contributed by atoms with E-state index in [4.69, 9.17) is 4.74 Å². The maximum atomic E-state index is 12.4. The molecular formula is C15H22O3. The van der Waals surface area contributed by atoms with Crippen molar-refractivity contribution in [2.75, 3.05) is 0 Å². The molecule has 3 heteroatoms. The Bertz CT molecular complexity index is 443. The van der Waals surface area contributed by atoms with E-state index in [2.05, 4.69) is 20.8 Å². The number of rotatable bonds is 0. The summed E-state index contributed by atoms with van der Waals surface area (Å²) in [6.45, 7) is 6.64. The van der Waals surface area contributed by atoms with Crippen molar-refractivity contribution < 1.29 is 14.6 Å². The van der Waals surface area contributed by atoms with Crippen LogP contribution in [0.15, 0.2) is 0 Å². The number of ether oxygens (including phenoxy) is 1. The van der Waals surface area contributed by atoms with E-state index >= 15 is 0 Å². The van der Waals surface area contributed by atoms with Crippen LogP contribution in [-0.4, -0.2) is 23.3 Å². The van der Waals surface area contributed by atoms with E-state index in [-0.39, 0.29) is 22.9 Å². The summed E-state index contributed by atoms with van der Waals surface area (Å²) in [6.07, 6.45) is 3.50. The van der Waals surface area contributed by atoms with Gasteiger partial charge in [0.15, 0.2) is 0 Å². The lowest BCUT2D eigenvalue weighted by Crippen LogP contribution is -2.49. The number of hydrogen-bond donors (Lipinski definition) is 1. The smallest absolute Gasteiger partial charge is 0.315 e. The standard InChI is InChI=1S/C15H22O3/c1-13(2)8-4-6-14(3)9-5-7-15(14,12(17)18-9)11(16)10(8)13/h8-11,16H,4-7H2,1-3H3. The number of carbonyl (C=O) groups excluding carboxylic acids is 1. The van der Waals surface area contributed by atoms with Crippen molar-refractivity contribution in [3.63, 3.8) is 0 Å². The molecule has 3 saturated carbocycles. The highest BCUT2D eigenvalue weighted by molar-refractivity contribution is 5.83. The number of esters is 1. The minimum absolute atomic E-state index is 0.0558. The second-order valence-corrected chi connectivity index (χ2v) is 7.76. The molecule has 6 atom stereocenters. The molecule has 3 nitrogen and oxygen atoms in total. The van der Waals surface area contributed by atoms with E-state index in [1.54, 1.807) is 0 Å². The Balaban J connectivity index is 1.84. The molecule has 4 fully saturated rings. The Labute approximate surface area is 108 Å². The van der Waals surface area contributed by atoms with Gasteiger partial charge in [-0.2, -0.15) is 0 Å². The molecule has 1 saturated heterocycles. The van der Waals surface area contributed by atoms with Gasteiger partial charge in [0.05, 0.1) is 6.10 Å². The van der Waals surface area contributed by atoms with Gasteiger partial charge in [0.2, 0.25) is 0 Å². The lowest BCUT2D eigenvalue weighted by Gasteiger charge is -2.39. The molecule has 0 aromatic heterocycles. The molecule has 0 spiro atoms. The first kappa shape index (κ1) is 11.3. The highest BCUT2D eigenvalue weighted by atomic mass is 16.6. The van der Waals surface area contributed by atoms with Crippen LogP contribution in [0.5, 0.6) is 0 Å². The van der Waals surface area contributed by atoms with Gasteiger partial charge in [-0.15, -0.1) is 0 Å². The van der Waals surface area contributed by atoms with Crippen LogP contribution in [0.3, 0.4) is 0 Å². The highest BCUT2D eigenvalue weighted by Gasteiger charge is 2.78. The number of hydrogen-bond acceptors (Lipinski definition) is 3. The number of aliphatic hydroxyl groups excluding tert-OH is 1. The first-order chi connectivity index (χ1) is 8.35. The third-order valence-electron chi connectivity index (χ3n) is 7.10. The third kappa shape index (κ3) is 0.880. The molecule has 6 unspecified atom stereocenters. The van der Waals surface area contributed by atoms with Crippen molar-refractivity contribution in [2.45, 2.75) is 58.7 Å². The summed E-state index contributed by atoms with van der Waals surface area (Å²) in [5, 5.41) is 10.9. The first-order valence-electron chi connectivity index (χ1n) is 7.25. The molecule has 2 bridgehead atoms. The molecule has 3 aliphatic carbocycles. The van der Waals surface area contributed by atoms with Crippen LogP contribution < -0.4 is 0 Å². The number of fused-ring (bicyclic) bond motifs is 1. The average molecular weight is 250 g/mol. The molecule has 4 aliphatic rings. The van der Waals surface area contributed by atoms with Gasteiger partial charge < -0.3 is 9.84 Å². The molecule has 1 aliphatic heterocycles. The minimum atomic E-state index is -0.592. The van der Waals surface area contributed by atoms with Crippen LogP contribution >= 0.6 is 0 Å². The topological polar surface area (TPSA) is 46.5 Å². The molecule has 0 aromatic rings. The van der Waals surface area contributed by atoms with Crippen LogP contribution in [0.25, 0.3) is 0 Å². The van der Waals surface area contributed by atoms with E-state index in [1.807, 2.05) is 0 Å². The quantitative estimate of drug-likeness (QED) is 0.670. The van der Waals surface area contributed by atoms with E-state index in [1.165, 1.54) is 0 Å². The summed E-state index contributed by atoms with van der Waals surface area (Å²) in [4.78, 5) is 12.4. The van der Waals surface area contributed by atoms with E-state index < -0.39 is 11.5 Å². The van der Waals surface area contributed by atoms with Gasteiger partial charge in [-0.3, -0.25) is 4.79 Å². The molecular weight excluding hydrogens is 228 g/mol. The molecule has 18 heavy (non-hydrogen) atoms. The average Bonchev–Trinajstić information content (AvgIpc) is 2.68. The van der Waals surface area contributed by atoms with E-state index in [0.717, 1.165) is 25.7 Å². The molecule has 100 valence electrons. The predicted molar refractivity (Wildman–Crippen MR) is 65.7 cm³/mol. The summed E-state index contributed by atoms with van der Waals surface area (Å²) in [5.41, 5.74) is -0.506. The molecule has 1 heterocycles. The summed E-state index contributed by atoms with van der Waals surface area (Å²) < 4.78 is 5.56. The zero-order chi connectivity index (χ0) is 12.9. The molecule has 0 amide bonds. The van der Waals surface area contributed by atoms with Crippen molar-refractivity contribution in [2.24, 2.45) is 28.1 Å². The van der Waals surface area contributed by atoms with Crippen LogP contribution in [-0.2, 0) is 9.53 Å². The van der Waals surface area contributed by atoms with Crippen LogP contribution in [0.4, 0.5) is 0 Å². The van der Waals surface area contributed by atoms with Gasteiger partial charge >= 0.3 is 5.97 Å². The summed E-state index contributed by atoms with van der Waals surface area (Å²) >= 11 is 0. The summed E-state index contributed by atoms with van der Waals surface area (Å²) in [5.74, 6) is 0.777. The summed E-state index contributed by atoms with van der Waals surface area (Å²) in [6, 6.07) is 0.